The van der Waals surface area contributed by atoms with E-state index >= 15 is 0 Å². The number of likely N-dealkylation sites (tertiary alicyclic amines) is 1. The maximum atomic E-state index is 9.40. The average molecular weight is 219 g/mol. The van der Waals surface area contributed by atoms with Crippen LogP contribution >= 0.6 is 0 Å². The molecule has 0 aliphatic carbocycles. The van der Waals surface area contributed by atoms with E-state index in [1.807, 2.05) is 6.92 Å². The van der Waals surface area contributed by atoms with E-state index in [9.17, 15) is 5.11 Å². The predicted octanol–water partition coefficient (Wildman–Crippen LogP) is 2.03. The van der Waals surface area contributed by atoms with Crippen LogP contribution in [0, 0.1) is 0 Å². The molecule has 0 spiro atoms. The molecule has 0 bridgehead atoms. The van der Waals surface area contributed by atoms with Crippen molar-refractivity contribution in [3.05, 3.63) is 35.4 Å². The summed E-state index contributed by atoms with van der Waals surface area (Å²) in [7, 11) is 2.18. The fraction of sp³-hybridized carbons (Fsp3) is 0.571. The van der Waals surface area contributed by atoms with E-state index in [0.29, 0.717) is 5.92 Å². The van der Waals surface area contributed by atoms with Crippen molar-refractivity contribution in [3.63, 3.8) is 0 Å². The Bertz CT molecular complexity index is 348. The largest absolute Gasteiger partial charge is 0.393 e. The number of hydrogen-bond acceptors (Lipinski definition) is 2. The summed E-state index contributed by atoms with van der Waals surface area (Å²) in [5, 5.41) is 9.40. The van der Waals surface area contributed by atoms with Gasteiger partial charge in [0.05, 0.1) is 6.10 Å². The summed E-state index contributed by atoms with van der Waals surface area (Å²) in [6, 6.07) is 8.70. The first-order valence-electron chi connectivity index (χ1n) is 6.10. The number of aliphatic hydroxyl groups is 1. The standard InChI is InChI=1S/C14H21NO/c1-11(16)8-12-4-3-5-13(9-12)14-6-7-15(2)10-14/h3-5,9,11,14,16H,6-8,10H2,1-2H3. The van der Waals surface area contributed by atoms with Gasteiger partial charge in [0.2, 0.25) is 0 Å². The Balaban J connectivity index is 2.09. The molecule has 0 saturated carbocycles. The lowest BCUT2D eigenvalue weighted by Crippen LogP contribution is -2.13. The average Bonchev–Trinajstić information content (AvgIpc) is 2.64. The molecule has 1 aromatic rings. The van der Waals surface area contributed by atoms with E-state index in [4.69, 9.17) is 0 Å². The summed E-state index contributed by atoms with van der Waals surface area (Å²) in [4.78, 5) is 2.38. The Morgan fingerprint density at radius 2 is 2.31 bits per heavy atom. The molecule has 2 unspecified atom stereocenters. The van der Waals surface area contributed by atoms with Gasteiger partial charge in [-0.2, -0.15) is 0 Å². The van der Waals surface area contributed by atoms with Crippen LogP contribution in [0.1, 0.15) is 30.4 Å². The molecule has 1 aromatic carbocycles. The van der Waals surface area contributed by atoms with Gasteiger partial charge in [-0.3, -0.25) is 0 Å². The second-order valence-electron chi connectivity index (χ2n) is 5.05. The SMILES string of the molecule is CC(O)Cc1cccc(C2CCN(C)C2)c1. The second kappa shape index (κ2) is 4.98. The monoisotopic (exact) mass is 219 g/mol. The lowest BCUT2D eigenvalue weighted by Gasteiger charge is -2.13. The van der Waals surface area contributed by atoms with Crippen molar-refractivity contribution in [1.82, 2.24) is 4.90 Å². The zero-order valence-electron chi connectivity index (χ0n) is 10.2. The maximum Gasteiger partial charge on any atom is 0.0552 e. The van der Waals surface area contributed by atoms with Gasteiger partial charge in [-0.1, -0.05) is 24.3 Å². The van der Waals surface area contributed by atoms with Crippen molar-refractivity contribution in [2.24, 2.45) is 0 Å². The smallest absolute Gasteiger partial charge is 0.0552 e. The van der Waals surface area contributed by atoms with Gasteiger partial charge in [-0.15, -0.1) is 0 Å². The van der Waals surface area contributed by atoms with Crippen LogP contribution in [0.4, 0.5) is 0 Å². The van der Waals surface area contributed by atoms with Crippen molar-refractivity contribution < 1.29 is 5.11 Å². The van der Waals surface area contributed by atoms with Crippen LogP contribution in [0.2, 0.25) is 0 Å². The molecule has 0 amide bonds. The molecule has 0 radical (unpaired) electrons. The van der Waals surface area contributed by atoms with Crippen LogP contribution in [0.25, 0.3) is 0 Å². The highest BCUT2D eigenvalue weighted by Crippen LogP contribution is 2.26. The third-order valence-corrected chi connectivity index (χ3v) is 3.34. The van der Waals surface area contributed by atoms with Crippen LogP contribution in [0.15, 0.2) is 24.3 Å². The Hall–Kier alpha value is -0.860. The van der Waals surface area contributed by atoms with Gasteiger partial charge >= 0.3 is 0 Å². The lowest BCUT2D eigenvalue weighted by molar-refractivity contribution is 0.195. The van der Waals surface area contributed by atoms with Crippen molar-refractivity contribution in [2.75, 3.05) is 20.1 Å². The van der Waals surface area contributed by atoms with Crippen LogP contribution in [-0.4, -0.2) is 36.2 Å². The van der Waals surface area contributed by atoms with Gasteiger partial charge in [-0.05, 0) is 50.4 Å². The van der Waals surface area contributed by atoms with E-state index in [2.05, 4.69) is 36.2 Å². The molecule has 2 rings (SSSR count). The fourth-order valence-corrected chi connectivity index (χ4v) is 2.52. The molecular weight excluding hydrogens is 198 g/mol. The van der Waals surface area contributed by atoms with Crippen LogP contribution in [-0.2, 0) is 6.42 Å². The molecular formula is C14H21NO. The first kappa shape index (κ1) is 11.6. The van der Waals surface area contributed by atoms with Gasteiger partial charge in [0, 0.05) is 6.54 Å². The summed E-state index contributed by atoms with van der Waals surface area (Å²) >= 11 is 0. The van der Waals surface area contributed by atoms with Crippen LogP contribution < -0.4 is 0 Å². The van der Waals surface area contributed by atoms with Gasteiger partial charge < -0.3 is 10.0 Å². The number of aliphatic hydroxyl groups excluding tert-OH is 1. The van der Waals surface area contributed by atoms with Crippen molar-refractivity contribution in [1.29, 1.82) is 0 Å². The molecule has 1 heterocycles. The minimum atomic E-state index is -0.249. The summed E-state index contributed by atoms with van der Waals surface area (Å²) < 4.78 is 0. The highest BCUT2D eigenvalue weighted by molar-refractivity contribution is 5.27. The van der Waals surface area contributed by atoms with Gasteiger partial charge in [0.25, 0.3) is 0 Å². The van der Waals surface area contributed by atoms with E-state index in [0.717, 1.165) is 13.0 Å². The summed E-state index contributed by atoms with van der Waals surface area (Å²) in [6.07, 6.45) is 1.77. The third kappa shape index (κ3) is 2.83. The molecule has 1 N–H and O–H groups in total. The maximum absolute atomic E-state index is 9.40. The number of rotatable bonds is 3. The van der Waals surface area contributed by atoms with Gasteiger partial charge in [-0.25, -0.2) is 0 Å². The highest BCUT2D eigenvalue weighted by Gasteiger charge is 2.20. The van der Waals surface area contributed by atoms with E-state index < -0.39 is 0 Å². The van der Waals surface area contributed by atoms with Crippen LogP contribution in [0.5, 0.6) is 0 Å². The lowest BCUT2D eigenvalue weighted by atomic mass is 9.95. The summed E-state index contributed by atoms with van der Waals surface area (Å²) in [5.74, 6) is 0.680. The zero-order valence-corrected chi connectivity index (χ0v) is 10.2. The Labute approximate surface area is 97.9 Å². The number of nitrogens with zero attached hydrogens (tertiary/aromatic N) is 1. The zero-order chi connectivity index (χ0) is 11.5. The van der Waals surface area contributed by atoms with E-state index in [1.54, 1.807) is 0 Å². The van der Waals surface area contributed by atoms with Crippen LogP contribution in [0.3, 0.4) is 0 Å². The second-order valence-corrected chi connectivity index (χ2v) is 5.05. The molecule has 1 aliphatic rings. The molecule has 2 atom stereocenters. The molecule has 2 heteroatoms. The number of likely N-dealkylation sites (N-methyl/N-ethyl adjacent to an activating group) is 1. The Kier molecular flexibility index (Phi) is 3.62. The molecule has 0 aromatic heterocycles. The number of benzene rings is 1. The van der Waals surface area contributed by atoms with Crippen molar-refractivity contribution >= 4 is 0 Å². The Morgan fingerprint density at radius 1 is 1.50 bits per heavy atom. The quantitative estimate of drug-likeness (QED) is 0.841. The number of hydrogen-bond donors (Lipinski definition) is 1. The van der Waals surface area contributed by atoms with E-state index in [1.165, 1.54) is 24.1 Å². The molecule has 2 nitrogen and oxygen atoms in total. The molecule has 1 aliphatic heterocycles. The fourth-order valence-electron chi connectivity index (χ4n) is 2.52. The molecule has 1 fully saturated rings. The van der Waals surface area contributed by atoms with E-state index in [-0.39, 0.29) is 6.10 Å². The molecule has 1 saturated heterocycles. The first-order valence-corrected chi connectivity index (χ1v) is 6.10. The topological polar surface area (TPSA) is 23.5 Å². The predicted molar refractivity (Wildman–Crippen MR) is 66.7 cm³/mol. The summed E-state index contributed by atoms with van der Waals surface area (Å²) in [5.41, 5.74) is 2.68. The Morgan fingerprint density at radius 3 is 2.94 bits per heavy atom. The third-order valence-electron chi connectivity index (χ3n) is 3.34. The molecule has 16 heavy (non-hydrogen) atoms. The minimum Gasteiger partial charge on any atom is -0.393 e. The molecule has 88 valence electrons. The van der Waals surface area contributed by atoms with Crippen molar-refractivity contribution in [3.8, 4) is 0 Å². The first-order chi connectivity index (χ1) is 7.65. The normalized spacial score (nSPS) is 23.6. The highest BCUT2D eigenvalue weighted by atomic mass is 16.3. The van der Waals surface area contributed by atoms with Crippen molar-refractivity contribution in [2.45, 2.75) is 31.8 Å². The van der Waals surface area contributed by atoms with Gasteiger partial charge in [0.1, 0.15) is 0 Å². The summed E-state index contributed by atoms with van der Waals surface area (Å²) in [6.45, 7) is 4.21. The minimum absolute atomic E-state index is 0.249. The van der Waals surface area contributed by atoms with Gasteiger partial charge in [0.15, 0.2) is 0 Å².